The Morgan fingerprint density at radius 3 is 2.70 bits per heavy atom. The summed E-state index contributed by atoms with van der Waals surface area (Å²) in [6.45, 7) is 6.52. The molecule has 108 valence electrons. The Kier molecular flexibility index (Phi) is 4.45. The Bertz CT molecular complexity index is 601. The summed E-state index contributed by atoms with van der Waals surface area (Å²) in [7, 11) is 1.41. The highest BCUT2D eigenvalue weighted by atomic mass is 16.5. The van der Waals surface area contributed by atoms with E-state index in [4.69, 9.17) is 9.15 Å². The number of methoxy groups -OCH3 is 1. The lowest BCUT2D eigenvalue weighted by Crippen LogP contribution is -2.41. The van der Waals surface area contributed by atoms with Crippen LogP contribution in [0.5, 0.6) is 0 Å². The van der Waals surface area contributed by atoms with Crippen LogP contribution in [0.25, 0.3) is 11.0 Å². The highest BCUT2D eigenvalue weighted by Gasteiger charge is 2.23. The van der Waals surface area contributed by atoms with E-state index < -0.39 is 0 Å². The first-order chi connectivity index (χ1) is 9.54. The summed E-state index contributed by atoms with van der Waals surface area (Å²) in [5.41, 5.74) is 1.97. The molecule has 0 saturated heterocycles. The van der Waals surface area contributed by atoms with Gasteiger partial charge in [0, 0.05) is 17.5 Å². The zero-order valence-electron chi connectivity index (χ0n) is 12.4. The van der Waals surface area contributed by atoms with E-state index in [0.717, 1.165) is 22.3 Å². The molecule has 1 aromatic heterocycles. The van der Waals surface area contributed by atoms with Gasteiger partial charge in [0.25, 0.3) is 0 Å². The van der Waals surface area contributed by atoms with Crippen molar-refractivity contribution in [2.45, 2.75) is 33.4 Å². The van der Waals surface area contributed by atoms with Gasteiger partial charge >= 0.3 is 5.97 Å². The number of esters is 1. The highest BCUT2D eigenvalue weighted by Crippen LogP contribution is 2.25. The molecule has 1 heterocycles. The van der Waals surface area contributed by atoms with Crippen molar-refractivity contribution in [3.05, 3.63) is 35.6 Å². The third kappa shape index (κ3) is 2.85. The van der Waals surface area contributed by atoms with Gasteiger partial charge in [-0.3, -0.25) is 10.1 Å². The van der Waals surface area contributed by atoms with E-state index in [2.05, 4.69) is 5.32 Å². The Labute approximate surface area is 119 Å². The molecular weight excluding hydrogens is 254 g/mol. The number of hydrogen-bond acceptors (Lipinski definition) is 4. The van der Waals surface area contributed by atoms with Gasteiger partial charge in [0.15, 0.2) is 0 Å². The molecule has 2 aromatic rings. The lowest BCUT2D eigenvalue weighted by molar-refractivity contribution is -0.144. The minimum atomic E-state index is -0.312. The molecule has 0 aliphatic carbocycles. The van der Waals surface area contributed by atoms with Gasteiger partial charge in [0.1, 0.15) is 17.4 Å². The maximum atomic E-state index is 11.8. The molecule has 1 atom stereocenters. The monoisotopic (exact) mass is 275 g/mol. The second-order valence-corrected chi connectivity index (χ2v) is 5.26. The van der Waals surface area contributed by atoms with Crippen molar-refractivity contribution >= 4 is 16.9 Å². The van der Waals surface area contributed by atoms with E-state index in [1.807, 2.05) is 45.0 Å². The van der Waals surface area contributed by atoms with Crippen LogP contribution in [0.15, 0.2) is 28.7 Å². The second kappa shape index (κ2) is 6.09. The lowest BCUT2D eigenvalue weighted by Gasteiger charge is -2.19. The van der Waals surface area contributed by atoms with Gasteiger partial charge in [-0.25, -0.2) is 0 Å². The maximum Gasteiger partial charge on any atom is 0.323 e. The smallest absolute Gasteiger partial charge is 0.323 e. The lowest BCUT2D eigenvalue weighted by atomic mass is 10.0. The molecule has 0 aliphatic rings. The van der Waals surface area contributed by atoms with Crippen molar-refractivity contribution in [3.8, 4) is 0 Å². The summed E-state index contributed by atoms with van der Waals surface area (Å²) in [5.74, 6) is 0.817. The van der Waals surface area contributed by atoms with Crippen molar-refractivity contribution in [1.82, 2.24) is 5.32 Å². The van der Waals surface area contributed by atoms with Crippen LogP contribution in [0.3, 0.4) is 0 Å². The molecule has 4 heteroatoms. The van der Waals surface area contributed by atoms with Crippen molar-refractivity contribution in [2.75, 3.05) is 7.11 Å². The van der Waals surface area contributed by atoms with Crippen LogP contribution in [0, 0.1) is 12.8 Å². The van der Waals surface area contributed by atoms with Gasteiger partial charge in [0.2, 0.25) is 0 Å². The average Bonchev–Trinajstić information content (AvgIpc) is 2.74. The first-order valence-corrected chi connectivity index (χ1v) is 6.82. The Hall–Kier alpha value is -1.81. The van der Waals surface area contributed by atoms with Gasteiger partial charge in [-0.15, -0.1) is 0 Å². The Morgan fingerprint density at radius 2 is 2.05 bits per heavy atom. The molecule has 20 heavy (non-hydrogen) atoms. The van der Waals surface area contributed by atoms with Gasteiger partial charge in [-0.05, 0) is 18.9 Å². The summed E-state index contributed by atoms with van der Waals surface area (Å²) in [6.07, 6.45) is 0. The minimum Gasteiger partial charge on any atom is -0.468 e. The van der Waals surface area contributed by atoms with E-state index in [1.54, 1.807) is 0 Å². The zero-order chi connectivity index (χ0) is 14.7. The van der Waals surface area contributed by atoms with E-state index in [0.29, 0.717) is 6.54 Å². The van der Waals surface area contributed by atoms with Crippen LogP contribution >= 0.6 is 0 Å². The number of ether oxygens (including phenoxy) is 1. The topological polar surface area (TPSA) is 51.5 Å². The number of aryl methyl sites for hydroxylation is 1. The maximum absolute atomic E-state index is 11.8. The molecule has 1 N–H and O–H groups in total. The third-order valence-corrected chi connectivity index (χ3v) is 3.52. The molecule has 2 rings (SSSR count). The summed E-state index contributed by atoms with van der Waals surface area (Å²) < 4.78 is 10.6. The van der Waals surface area contributed by atoms with Crippen molar-refractivity contribution in [3.63, 3.8) is 0 Å². The molecule has 4 nitrogen and oxygen atoms in total. The molecule has 0 radical (unpaired) electrons. The van der Waals surface area contributed by atoms with Crippen molar-refractivity contribution < 1.29 is 13.9 Å². The fourth-order valence-corrected chi connectivity index (χ4v) is 2.37. The quantitative estimate of drug-likeness (QED) is 0.852. The highest BCUT2D eigenvalue weighted by molar-refractivity contribution is 5.82. The van der Waals surface area contributed by atoms with Gasteiger partial charge < -0.3 is 9.15 Å². The van der Waals surface area contributed by atoms with Crippen molar-refractivity contribution in [1.29, 1.82) is 0 Å². The zero-order valence-corrected chi connectivity index (χ0v) is 12.4. The van der Waals surface area contributed by atoms with Crippen LogP contribution in [-0.4, -0.2) is 19.1 Å². The standard InChI is InChI=1S/C16H21NO3/c1-10(2)15(16(18)19-4)17-9-13-11(3)20-14-8-6-5-7-12(13)14/h5-8,10,15,17H,9H2,1-4H3. The predicted octanol–water partition coefficient (Wildman–Crippen LogP) is 3.03. The fourth-order valence-electron chi connectivity index (χ4n) is 2.37. The SMILES string of the molecule is COC(=O)C(NCc1c(C)oc2ccccc12)C(C)C. The number of hydrogen-bond donors (Lipinski definition) is 1. The number of carbonyl (C=O) groups excluding carboxylic acids is 1. The first-order valence-electron chi connectivity index (χ1n) is 6.82. The summed E-state index contributed by atoms with van der Waals surface area (Å²) in [6, 6.07) is 7.61. The summed E-state index contributed by atoms with van der Waals surface area (Å²) in [4.78, 5) is 11.8. The van der Waals surface area contributed by atoms with E-state index in [9.17, 15) is 4.79 Å². The minimum absolute atomic E-state index is 0.168. The molecule has 0 spiro atoms. The number of benzene rings is 1. The van der Waals surface area contributed by atoms with E-state index in [1.165, 1.54) is 7.11 Å². The van der Waals surface area contributed by atoms with Crippen LogP contribution < -0.4 is 5.32 Å². The van der Waals surface area contributed by atoms with Gasteiger partial charge in [0.05, 0.1) is 7.11 Å². The van der Waals surface area contributed by atoms with Crippen LogP contribution in [0.4, 0.5) is 0 Å². The summed E-state index contributed by atoms with van der Waals surface area (Å²) >= 11 is 0. The molecule has 1 aromatic carbocycles. The number of rotatable bonds is 5. The molecule has 0 aliphatic heterocycles. The fraction of sp³-hybridized carbons (Fsp3) is 0.438. The van der Waals surface area contributed by atoms with Crippen LogP contribution in [-0.2, 0) is 16.1 Å². The predicted molar refractivity (Wildman–Crippen MR) is 78.4 cm³/mol. The van der Waals surface area contributed by atoms with Gasteiger partial charge in [-0.1, -0.05) is 32.0 Å². The molecule has 0 fully saturated rings. The molecule has 0 amide bonds. The van der Waals surface area contributed by atoms with Crippen LogP contribution in [0.1, 0.15) is 25.2 Å². The van der Waals surface area contributed by atoms with Crippen molar-refractivity contribution in [2.24, 2.45) is 5.92 Å². The normalized spacial score (nSPS) is 12.8. The number of furan rings is 1. The largest absolute Gasteiger partial charge is 0.468 e. The second-order valence-electron chi connectivity index (χ2n) is 5.26. The number of fused-ring (bicyclic) bond motifs is 1. The van der Waals surface area contributed by atoms with Crippen LogP contribution in [0.2, 0.25) is 0 Å². The molecule has 1 unspecified atom stereocenters. The number of carbonyl (C=O) groups is 1. The Morgan fingerprint density at radius 1 is 1.35 bits per heavy atom. The number of nitrogens with one attached hydrogen (secondary N) is 1. The molecule has 0 saturated carbocycles. The Balaban J connectivity index is 2.20. The molecule has 0 bridgehead atoms. The summed E-state index contributed by atoms with van der Waals surface area (Å²) in [5, 5.41) is 4.36. The van der Waals surface area contributed by atoms with E-state index in [-0.39, 0.29) is 17.9 Å². The average molecular weight is 275 g/mol. The number of para-hydroxylation sites is 1. The first kappa shape index (κ1) is 14.6. The third-order valence-electron chi connectivity index (χ3n) is 3.52. The van der Waals surface area contributed by atoms with E-state index >= 15 is 0 Å². The molecular formula is C16H21NO3. The van der Waals surface area contributed by atoms with Gasteiger partial charge in [-0.2, -0.15) is 0 Å².